The number of Topliss-reactive ketones (excluding diaryl/α,β-unsaturated/α-hetero) is 1. The van der Waals surface area contributed by atoms with E-state index < -0.39 is 0 Å². The first-order chi connectivity index (χ1) is 10.7. The molecule has 1 heterocycles. The van der Waals surface area contributed by atoms with E-state index in [-0.39, 0.29) is 23.0 Å². The van der Waals surface area contributed by atoms with Crippen LogP contribution in [0.25, 0.3) is 5.69 Å². The first-order valence-electron chi connectivity index (χ1n) is 7.93. The van der Waals surface area contributed by atoms with Crippen molar-refractivity contribution in [2.45, 2.75) is 47.0 Å². The molecule has 124 valence electrons. The normalized spacial score (nSPS) is 11.7. The molecule has 0 spiro atoms. The zero-order valence-corrected chi connectivity index (χ0v) is 14.3. The second kappa shape index (κ2) is 6.49. The summed E-state index contributed by atoms with van der Waals surface area (Å²) in [5, 5.41) is 19.9. The van der Waals surface area contributed by atoms with Crippen LogP contribution in [0, 0.1) is 12.3 Å². The number of aromatic hydroxyl groups is 2. The van der Waals surface area contributed by atoms with Gasteiger partial charge in [0.25, 0.3) is 0 Å². The summed E-state index contributed by atoms with van der Waals surface area (Å²) in [6.45, 7) is 7.58. The van der Waals surface area contributed by atoms with E-state index >= 15 is 0 Å². The van der Waals surface area contributed by atoms with Gasteiger partial charge in [-0.05, 0) is 37.5 Å². The second-order valence-electron chi connectivity index (χ2n) is 7.04. The van der Waals surface area contributed by atoms with Gasteiger partial charge in [0.15, 0.2) is 5.88 Å². The topological polar surface area (TPSA) is 62.5 Å². The predicted octanol–water partition coefficient (Wildman–Crippen LogP) is 4.13. The van der Waals surface area contributed by atoms with Crippen molar-refractivity contribution in [3.63, 3.8) is 0 Å². The van der Waals surface area contributed by atoms with Crippen molar-refractivity contribution < 1.29 is 15.0 Å². The third-order valence-corrected chi connectivity index (χ3v) is 4.04. The highest BCUT2D eigenvalue weighted by atomic mass is 16.3. The Morgan fingerprint density at radius 2 is 1.74 bits per heavy atom. The largest absolute Gasteiger partial charge is 0.494 e. The van der Waals surface area contributed by atoms with Crippen LogP contribution in [-0.2, 0) is 11.2 Å². The maximum atomic E-state index is 11.9. The molecule has 2 rings (SSSR count). The second-order valence-corrected chi connectivity index (χ2v) is 7.04. The van der Waals surface area contributed by atoms with Crippen molar-refractivity contribution in [1.29, 1.82) is 0 Å². The number of hydrogen-bond donors (Lipinski definition) is 2. The van der Waals surface area contributed by atoms with E-state index in [1.807, 2.05) is 45.0 Å². The van der Waals surface area contributed by atoms with Gasteiger partial charge in [0.2, 0.25) is 5.88 Å². The summed E-state index contributed by atoms with van der Waals surface area (Å²) < 4.78 is 1.41. The monoisotopic (exact) mass is 315 g/mol. The molecule has 0 atom stereocenters. The fourth-order valence-electron chi connectivity index (χ4n) is 2.50. The lowest BCUT2D eigenvalue weighted by Crippen LogP contribution is -2.19. The highest BCUT2D eigenvalue weighted by Gasteiger charge is 2.20. The number of nitrogens with zero attached hydrogens (tertiary/aromatic N) is 1. The number of carbonyl (C=O) groups is 1. The number of carbonyl (C=O) groups excluding carboxylic acids is 1. The third-order valence-electron chi connectivity index (χ3n) is 4.04. The molecule has 0 aliphatic rings. The molecule has 1 aromatic carbocycles. The van der Waals surface area contributed by atoms with E-state index in [1.165, 1.54) is 10.6 Å². The fraction of sp³-hybridized carbons (Fsp3) is 0.421. The van der Waals surface area contributed by atoms with Gasteiger partial charge in [-0.1, -0.05) is 32.9 Å². The zero-order chi connectivity index (χ0) is 17.2. The molecule has 0 radical (unpaired) electrons. The molecule has 2 aromatic rings. The van der Waals surface area contributed by atoms with Crippen LogP contribution in [0.5, 0.6) is 11.8 Å². The summed E-state index contributed by atoms with van der Waals surface area (Å²) in [6, 6.07) is 9.18. The molecular formula is C19H25NO3. The summed E-state index contributed by atoms with van der Waals surface area (Å²) >= 11 is 0. The van der Waals surface area contributed by atoms with Gasteiger partial charge in [-0.15, -0.1) is 0 Å². The molecule has 0 aliphatic heterocycles. The fourth-order valence-corrected chi connectivity index (χ4v) is 2.50. The van der Waals surface area contributed by atoms with Gasteiger partial charge in [-0.2, -0.15) is 0 Å². The number of aromatic nitrogens is 1. The molecule has 1 aromatic heterocycles. The summed E-state index contributed by atoms with van der Waals surface area (Å²) in [4.78, 5) is 11.9. The Hall–Kier alpha value is -2.23. The lowest BCUT2D eigenvalue weighted by atomic mass is 9.87. The molecule has 0 bridgehead atoms. The van der Waals surface area contributed by atoms with Crippen LogP contribution in [0.3, 0.4) is 0 Å². The van der Waals surface area contributed by atoms with Crippen molar-refractivity contribution in [2.75, 3.05) is 0 Å². The Kier molecular flexibility index (Phi) is 4.83. The molecule has 0 amide bonds. The number of rotatable bonds is 5. The lowest BCUT2D eigenvalue weighted by molar-refractivity contribution is -0.126. The van der Waals surface area contributed by atoms with Gasteiger partial charge in [-0.25, -0.2) is 0 Å². The first-order valence-corrected chi connectivity index (χ1v) is 7.93. The molecular weight excluding hydrogens is 290 g/mol. The van der Waals surface area contributed by atoms with Gasteiger partial charge in [0, 0.05) is 23.5 Å². The van der Waals surface area contributed by atoms with Crippen molar-refractivity contribution >= 4 is 5.78 Å². The molecule has 4 nitrogen and oxygen atoms in total. The number of hydrogen-bond acceptors (Lipinski definition) is 3. The maximum absolute atomic E-state index is 11.9. The lowest BCUT2D eigenvalue weighted by Gasteiger charge is -2.16. The SMILES string of the molecule is Cc1cc(O)n(-c2ccc(CCCC(=O)C(C)(C)C)cc2)c1O. The third kappa shape index (κ3) is 3.95. The minimum absolute atomic E-state index is 0.0172. The van der Waals surface area contributed by atoms with E-state index in [0.29, 0.717) is 17.7 Å². The van der Waals surface area contributed by atoms with Gasteiger partial charge >= 0.3 is 0 Å². The van der Waals surface area contributed by atoms with Crippen molar-refractivity contribution in [2.24, 2.45) is 5.41 Å². The molecule has 0 aliphatic carbocycles. The van der Waals surface area contributed by atoms with Crippen LogP contribution in [0.2, 0.25) is 0 Å². The van der Waals surface area contributed by atoms with E-state index in [2.05, 4.69) is 0 Å². The minimum atomic E-state index is -0.273. The predicted molar refractivity (Wildman–Crippen MR) is 91.2 cm³/mol. The maximum Gasteiger partial charge on any atom is 0.201 e. The van der Waals surface area contributed by atoms with E-state index in [4.69, 9.17) is 0 Å². The Bertz CT molecular complexity index is 691. The molecule has 2 N–H and O–H groups in total. The number of aryl methyl sites for hydroxylation is 2. The quantitative estimate of drug-likeness (QED) is 0.872. The molecule has 0 fully saturated rings. The number of ketones is 1. The Morgan fingerprint density at radius 3 is 2.22 bits per heavy atom. The summed E-state index contributed by atoms with van der Waals surface area (Å²) in [5.41, 5.74) is 2.21. The molecule has 0 saturated heterocycles. The van der Waals surface area contributed by atoms with Gasteiger partial charge in [-0.3, -0.25) is 9.36 Å². The average molecular weight is 315 g/mol. The van der Waals surface area contributed by atoms with Crippen LogP contribution in [0.4, 0.5) is 0 Å². The van der Waals surface area contributed by atoms with Crippen molar-refractivity contribution in [1.82, 2.24) is 4.57 Å². The van der Waals surface area contributed by atoms with Crippen molar-refractivity contribution in [3.8, 4) is 17.4 Å². The zero-order valence-electron chi connectivity index (χ0n) is 14.3. The summed E-state index contributed by atoms with van der Waals surface area (Å²) in [7, 11) is 0. The molecule has 0 saturated carbocycles. The van der Waals surface area contributed by atoms with Crippen molar-refractivity contribution in [3.05, 3.63) is 41.5 Å². The molecule has 4 heteroatoms. The smallest absolute Gasteiger partial charge is 0.201 e. The minimum Gasteiger partial charge on any atom is -0.494 e. The first kappa shape index (κ1) is 17.1. The van der Waals surface area contributed by atoms with Crippen LogP contribution in [0.1, 0.15) is 44.7 Å². The van der Waals surface area contributed by atoms with Crippen LogP contribution >= 0.6 is 0 Å². The van der Waals surface area contributed by atoms with Crippen LogP contribution in [-0.4, -0.2) is 20.6 Å². The molecule has 23 heavy (non-hydrogen) atoms. The number of benzene rings is 1. The average Bonchev–Trinajstić information content (AvgIpc) is 2.72. The molecule has 0 unspecified atom stereocenters. The summed E-state index contributed by atoms with van der Waals surface area (Å²) in [5.74, 6) is 0.348. The Morgan fingerprint density at radius 1 is 1.13 bits per heavy atom. The highest BCUT2D eigenvalue weighted by molar-refractivity contribution is 5.83. The highest BCUT2D eigenvalue weighted by Crippen LogP contribution is 2.30. The van der Waals surface area contributed by atoms with Gasteiger partial charge in [0.1, 0.15) is 5.78 Å². The standard InChI is InChI=1S/C19H25NO3/c1-13-12-17(22)20(18(13)23)15-10-8-14(9-11-15)6-5-7-16(21)19(2,3)4/h8-12,22-23H,5-7H2,1-4H3. The van der Waals surface area contributed by atoms with E-state index in [1.54, 1.807) is 6.92 Å². The van der Waals surface area contributed by atoms with Gasteiger partial charge < -0.3 is 10.2 Å². The Labute approximate surface area is 137 Å². The van der Waals surface area contributed by atoms with E-state index in [9.17, 15) is 15.0 Å². The van der Waals surface area contributed by atoms with Gasteiger partial charge in [0.05, 0.1) is 5.69 Å². The van der Waals surface area contributed by atoms with Crippen LogP contribution < -0.4 is 0 Å². The summed E-state index contributed by atoms with van der Waals surface area (Å²) in [6.07, 6.45) is 2.25. The Balaban J connectivity index is 2.02. The van der Waals surface area contributed by atoms with E-state index in [0.717, 1.165) is 18.4 Å². The van der Waals surface area contributed by atoms with Crippen LogP contribution in [0.15, 0.2) is 30.3 Å².